The summed E-state index contributed by atoms with van der Waals surface area (Å²) in [5.41, 5.74) is 11.5. The Labute approximate surface area is 107 Å². The molecule has 4 N–H and O–H groups in total. The van der Waals surface area contributed by atoms with Gasteiger partial charge in [-0.2, -0.15) is 0 Å². The number of nitrogen functional groups attached to an aromatic ring is 1. The van der Waals surface area contributed by atoms with Crippen molar-refractivity contribution in [3.63, 3.8) is 0 Å². The summed E-state index contributed by atoms with van der Waals surface area (Å²) in [5.74, 6) is -0.567. The van der Waals surface area contributed by atoms with Gasteiger partial charge in [0.05, 0.1) is 0 Å². The Morgan fingerprint density at radius 2 is 2.12 bits per heavy atom. The second kappa shape index (κ2) is 8.33. The van der Waals surface area contributed by atoms with Gasteiger partial charge in [-0.3, -0.25) is 0 Å². The van der Waals surface area contributed by atoms with E-state index in [4.69, 9.17) is 11.5 Å². The molecule has 16 heavy (non-hydrogen) atoms. The van der Waals surface area contributed by atoms with Crippen LogP contribution in [0.3, 0.4) is 0 Å². The van der Waals surface area contributed by atoms with Crippen molar-refractivity contribution in [3.05, 3.63) is 29.7 Å². The first-order chi connectivity index (χ1) is 6.59. The summed E-state index contributed by atoms with van der Waals surface area (Å²) in [6, 6.07) is 1.46. The SMILES string of the molecule is C[C@H](N)C/C=C/c1cnc(N)c(F)c1.Cl.Cl. The molecule has 6 heteroatoms. The molecule has 0 amide bonds. The minimum absolute atomic E-state index is 0. The monoisotopic (exact) mass is 267 g/mol. The lowest BCUT2D eigenvalue weighted by molar-refractivity contribution is 0.627. The third-order valence-corrected chi connectivity index (χ3v) is 1.71. The van der Waals surface area contributed by atoms with E-state index in [0.29, 0.717) is 5.56 Å². The van der Waals surface area contributed by atoms with Crippen LogP contribution < -0.4 is 11.5 Å². The maximum atomic E-state index is 12.9. The zero-order valence-corrected chi connectivity index (χ0v) is 10.5. The average molecular weight is 268 g/mol. The topological polar surface area (TPSA) is 64.9 Å². The number of halogens is 3. The van der Waals surface area contributed by atoms with Gasteiger partial charge >= 0.3 is 0 Å². The van der Waals surface area contributed by atoms with E-state index in [2.05, 4.69) is 4.98 Å². The highest BCUT2D eigenvalue weighted by Crippen LogP contribution is 2.09. The molecule has 0 spiro atoms. The molecule has 92 valence electrons. The molecule has 1 rings (SSSR count). The molecule has 0 aliphatic heterocycles. The summed E-state index contributed by atoms with van der Waals surface area (Å²) >= 11 is 0. The van der Waals surface area contributed by atoms with Gasteiger partial charge in [-0.25, -0.2) is 9.37 Å². The summed E-state index contributed by atoms with van der Waals surface area (Å²) in [6.45, 7) is 1.91. The fraction of sp³-hybridized carbons (Fsp3) is 0.300. The molecule has 0 aliphatic rings. The third kappa shape index (κ3) is 5.90. The van der Waals surface area contributed by atoms with Crippen LogP contribution in [0.15, 0.2) is 18.3 Å². The first-order valence-electron chi connectivity index (χ1n) is 4.42. The van der Waals surface area contributed by atoms with Gasteiger partial charge in [-0.1, -0.05) is 12.2 Å². The first kappa shape index (κ1) is 17.6. The van der Waals surface area contributed by atoms with Gasteiger partial charge < -0.3 is 11.5 Å². The van der Waals surface area contributed by atoms with Crippen LogP contribution in [-0.2, 0) is 0 Å². The van der Waals surface area contributed by atoms with Crippen LogP contribution in [0.4, 0.5) is 10.2 Å². The number of aromatic nitrogens is 1. The molecule has 0 saturated carbocycles. The van der Waals surface area contributed by atoms with E-state index in [1.54, 1.807) is 6.08 Å². The Hall–Kier alpha value is -0.840. The minimum Gasteiger partial charge on any atom is -0.381 e. The molecule has 1 aromatic rings. The van der Waals surface area contributed by atoms with Crippen LogP contribution >= 0.6 is 24.8 Å². The van der Waals surface area contributed by atoms with Crippen LogP contribution in [0, 0.1) is 5.82 Å². The Bertz CT molecular complexity index is 343. The van der Waals surface area contributed by atoms with Gasteiger partial charge in [-0.15, -0.1) is 24.8 Å². The van der Waals surface area contributed by atoms with Crippen LogP contribution in [0.25, 0.3) is 6.08 Å². The Balaban J connectivity index is 0. The van der Waals surface area contributed by atoms with Gasteiger partial charge in [0.1, 0.15) is 0 Å². The number of hydrogen-bond donors (Lipinski definition) is 2. The van der Waals surface area contributed by atoms with Crippen LogP contribution in [-0.4, -0.2) is 11.0 Å². The van der Waals surface area contributed by atoms with Gasteiger partial charge in [0.2, 0.25) is 0 Å². The largest absolute Gasteiger partial charge is 0.381 e. The minimum atomic E-state index is -0.493. The molecule has 1 aromatic heterocycles. The van der Waals surface area contributed by atoms with Crippen LogP contribution in [0.5, 0.6) is 0 Å². The number of nitrogens with zero attached hydrogens (tertiary/aromatic N) is 1. The predicted octanol–water partition coefficient (Wildman–Crippen LogP) is 2.40. The molecule has 0 unspecified atom stereocenters. The molecule has 0 radical (unpaired) electrons. The van der Waals surface area contributed by atoms with Gasteiger partial charge in [-0.05, 0) is 25.0 Å². The Morgan fingerprint density at radius 3 is 2.62 bits per heavy atom. The van der Waals surface area contributed by atoms with E-state index in [-0.39, 0.29) is 36.7 Å². The molecule has 0 bridgehead atoms. The number of hydrogen-bond acceptors (Lipinski definition) is 3. The normalized spacial score (nSPS) is 11.7. The predicted molar refractivity (Wildman–Crippen MR) is 70.4 cm³/mol. The fourth-order valence-electron chi connectivity index (χ4n) is 0.973. The molecular weight excluding hydrogens is 252 g/mol. The maximum absolute atomic E-state index is 12.9. The lowest BCUT2D eigenvalue weighted by Crippen LogP contribution is -2.12. The van der Waals surface area contributed by atoms with Crippen molar-refractivity contribution < 1.29 is 4.39 Å². The average Bonchev–Trinajstić information content (AvgIpc) is 2.10. The first-order valence-corrected chi connectivity index (χ1v) is 4.42. The number of anilines is 1. The highest BCUT2D eigenvalue weighted by molar-refractivity contribution is 5.85. The molecular formula is C10H16Cl2FN3. The quantitative estimate of drug-likeness (QED) is 0.884. The molecule has 1 heterocycles. The van der Waals surface area contributed by atoms with E-state index in [0.717, 1.165) is 6.42 Å². The molecule has 0 fully saturated rings. The zero-order valence-electron chi connectivity index (χ0n) is 8.89. The van der Waals surface area contributed by atoms with Crippen molar-refractivity contribution in [2.45, 2.75) is 19.4 Å². The third-order valence-electron chi connectivity index (χ3n) is 1.71. The lowest BCUT2D eigenvalue weighted by Gasteiger charge is -1.99. The number of rotatable bonds is 3. The molecule has 0 aromatic carbocycles. The molecule has 1 atom stereocenters. The molecule has 0 aliphatic carbocycles. The van der Waals surface area contributed by atoms with Crippen molar-refractivity contribution >= 4 is 36.7 Å². The Morgan fingerprint density at radius 1 is 1.50 bits per heavy atom. The van der Waals surface area contributed by atoms with Crippen molar-refractivity contribution in [1.82, 2.24) is 4.98 Å². The summed E-state index contributed by atoms with van der Waals surface area (Å²) < 4.78 is 12.9. The Kier molecular flexibility index (Phi) is 9.14. The number of pyridine rings is 1. The van der Waals surface area contributed by atoms with Crippen LogP contribution in [0.1, 0.15) is 18.9 Å². The standard InChI is InChI=1S/C10H14FN3.2ClH/c1-7(12)3-2-4-8-5-9(11)10(13)14-6-8;;/h2,4-7H,3,12H2,1H3,(H2,13,14);2*1H/b4-2+;;/t7-;;/m0../s1. The highest BCUT2D eigenvalue weighted by atomic mass is 35.5. The summed E-state index contributed by atoms with van der Waals surface area (Å²) in [4.78, 5) is 3.70. The maximum Gasteiger partial charge on any atom is 0.165 e. The number of nitrogens with two attached hydrogens (primary N) is 2. The van der Waals surface area contributed by atoms with E-state index < -0.39 is 5.82 Å². The van der Waals surface area contributed by atoms with Gasteiger partial charge in [0, 0.05) is 12.2 Å². The lowest BCUT2D eigenvalue weighted by atomic mass is 10.2. The molecule has 3 nitrogen and oxygen atoms in total. The van der Waals surface area contributed by atoms with Crippen molar-refractivity contribution in [2.24, 2.45) is 5.73 Å². The summed E-state index contributed by atoms with van der Waals surface area (Å²) in [6.07, 6.45) is 5.94. The zero-order chi connectivity index (χ0) is 10.6. The van der Waals surface area contributed by atoms with E-state index in [1.807, 2.05) is 13.0 Å². The second-order valence-electron chi connectivity index (χ2n) is 3.25. The summed E-state index contributed by atoms with van der Waals surface area (Å²) in [7, 11) is 0. The van der Waals surface area contributed by atoms with E-state index in [9.17, 15) is 4.39 Å². The fourth-order valence-corrected chi connectivity index (χ4v) is 0.973. The van der Waals surface area contributed by atoms with Crippen molar-refractivity contribution in [3.8, 4) is 0 Å². The summed E-state index contributed by atoms with van der Waals surface area (Å²) in [5, 5.41) is 0. The van der Waals surface area contributed by atoms with Crippen molar-refractivity contribution in [1.29, 1.82) is 0 Å². The molecule has 0 saturated heterocycles. The van der Waals surface area contributed by atoms with Crippen LogP contribution in [0.2, 0.25) is 0 Å². The highest BCUT2D eigenvalue weighted by Gasteiger charge is 1.98. The van der Waals surface area contributed by atoms with Crippen molar-refractivity contribution in [2.75, 3.05) is 5.73 Å². The van der Waals surface area contributed by atoms with E-state index in [1.165, 1.54) is 12.3 Å². The second-order valence-corrected chi connectivity index (χ2v) is 3.25. The van der Waals surface area contributed by atoms with Gasteiger partial charge in [0.25, 0.3) is 0 Å². The van der Waals surface area contributed by atoms with Gasteiger partial charge in [0.15, 0.2) is 11.6 Å². The van der Waals surface area contributed by atoms with E-state index >= 15 is 0 Å². The smallest absolute Gasteiger partial charge is 0.165 e.